The highest BCUT2D eigenvalue weighted by Crippen LogP contribution is 2.31. The summed E-state index contributed by atoms with van der Waals surface area (Å²) in [6.45, 7) is 3.05. The molecule has 1 aliphatic heterocycles. The maximum absolute atomic E-state index is 6.04. The first kappa shape index (κ1) is 17.3. The van der Waals surface area contributed by atoms with Crippen molar-refractivity contribution in [3.05, 3.63) is 59.6 Å². The molecule has 0 spiro atoms. The van der Waals surface area contributed by atoms with Crippen molar-refractivity contribution < 1.29 is 0 Å². The van der Waals surface area contributed by atoms with E-state index in [1.165, 1.54) is 0 Å². The Bertz CT molecular complexity index is 749. The lowest BCUT2D eigenvalue weighted by Crippen LogP contribution is -2.36. The highest BCUT2D eigenvalue weighted by Gasteiger charge is 2.30. The van der Waals surface area contributed by atoms with Crippen molar-refractivity contribution in [1.82, 2.24) is 4.90 Å². The number of thioether (sulfide) groups is 1. The van der Waals surface area contributed by atoms with Gasteiger partial charge < -0.3 is 5.32 Å². The quantitative estimate of drug-likeness (QED) is 0.711. The Kier molecular flexibility index (Phi) is 5.76. The Morgan fingerprint density at radius 3 is 2.79 bits per heavy atom. The zero-order valence-corrected chi connectivity index (χ0v) is 15.7. The van der Waals surface area contributed by atoms with Crippen LogP contribution in [-0.4, -0.2) is 27.0 Å². The van der Waals surface area contributed by atoms with E-state index in [0.29, 0.717) is 15.4 Å². The van der Waals surface area contributed by atoms with Gasteiger partial charge in [-0.05, 0) is 49.0 Å². The molecule has 1 N–H and O–H groups in total. The van der Waals surface area contributed by atoms with Gasteiger partial charge in [-0.2, -0.15) is 0 Å². The average molecular weight is 376 g/mol. The zero-order valence-electron chi connectivity index (χ0n) is 13.3. The number of nitrogens with zero attached hydrogens (tertiary/aromatic N) is 2. The topological polar surface area (TPSA) is 27.6 Å². The molecule has 1 heterocycles. The zero-order chi connectivity index (χ0) is 16.9. The van der Waals surface area contributed by atoms with E-state index in [0.717, 1.165) is 29.5 Å². The smallest absolute Gasteiger partial charge is 0.179 e. The number of halogens is 1. The first-order valence-corrected chi connectivity index (χ1v) is 9.47. The van der Waals surface area contributed by atoms with Crippen LogP contribution in [0.15, 0.2) is 59.6 Å². The summed E-state index contributed by atoms with van der Waals surface area (Å²) in [6.07, 6.45) is 1.08. The third kappa shape index (κ3) is 4.29. The SMILES string of the molecule is CCC1CN(C(=S)Nc2cccc(Cl)c2)C(=Nc2ccccc2)S1. The molecule has 124 valence electrons. The van der Waals surface area contributed by atoms with Crippen LogP contribution in [0.2, 0.25) is 5.02 Å². The fourth-order valence-electron chi connectivity index (χ4n) is 2.37. The molecule has 24 heavy (non-hydrogen) atoms. The van der Waals surface area contributed by atoms with Crippen LogP contribution in [0.25, 0.3) is 0 Å². The van der Waals surface area contributed by atoms with Gasteiger partial charge in [-0.1, -0.05) is 54.6 Å². The lowest BCUT2D eigenvalue weighted by atomic mass is 10.3. The monoisotopic (exact) mass is 375 g/mol. The molecule has 2 aromatic rings. The van der Waals surface area contributed by atoms with Crippen LogP contribution in [0, 0.1) is 0 Å². The minimum absolute atomic E-state index is 0.492. The van der Waals surface area contributed by atoms with Gasteiger partial charge in [-0.3, -0.25) is 4.90 Å². The number of hydrogen-bond donors (Lipinski definition) is 1. The molecule has 3 nitrogen and oxygen atoms in total. The summed E-state index contributed by atoms with van der Waals surface area (Å²) in [4.78, 5) is 6.84. The van der Waals surface area contributed by atoms with Crippen LogP contribution in [0.3, 0.4) is 0 Å². The van der Waals surface area contributed by atoms with E-state index < -0.39 is 0 Å². The largest absolute Gasteiger partial charge is 0.332 e. The Morgan fingerprint density at radius 2 is 2.08 bits per heavy atom. The second-order valence-electron chi connectivity index (χ2n) is 5.43. The van der Waals surface area contributed by atoms with Crippen LogP contribution in [0.4, 0.5) is 11.4 Å². The first-order chi connectivity index (χ1) is 11.7. The normalized spacial score (nSPS) is 18.8. The number of benzene rings is 2. The number of amidine groups is 1. The van der Waals surface area contributed by atoms with Crippen molar-refractivity contribution >= 4 is 57.2 Å². The van der Waals surface area contributed by atoms with Crippen molar-refractivity contribution in [3.8, 4) is 0 Å². The summed E-state index contributed by atoms with van der Waals surface area (Å²) >= 11 is 13.4. The number of aliphatic imine (C=N–C) groups is 1. The molecule has 0 aromatic heterocycles. The van der Waals surface area contributed by atoms with Gasteiger partial charge in [-0.15, -0.1) is 0 Å². The fraction of sp³-hybridized carbons (Fsp3) is 0.222. The maximum Gasteiger partial charge on any atom is 0.179 e. The maximum atomic E-state index is 6.04. The second kappa shape index (κ2) is 8.01. The van der Waals surface area contributed by atoms with Crippen molar-refractivity contribution in [2.45, 2.75) is 18.6 Å². The van der Waals surface area contributed by atoms with Gasteiger partial charge in [0.05, 0.1) is 5.69 Å². The van der Waals surface area contributed by atoms with Crippen LogP contribution >= 0.6 is 35.6 Å². The van der Waals surface area contributed by atoms with E-state index in [1.807, 2.05) is 54.6 Å². The predicted molar refractivity (Wildman–Crippen MR) is 110 cm³/mol. The summed E-state index contributed by atoms with van der Waals surface area (Å²) < 4.78 is 0. The molecule has 0 bridgehead atoms. The summed E-state index contributed by atoms with van der Waals surface area (Å²) in [5.74, 6) is 0. The summed E-state index contributed by atoms with van der Waals surface area (Å²) in [5.41, 5.74) is 1.82. The van der Waals surface area contributed by atoms with E-state index in [-0.39, 0.29) is 0 Å². The molecule has 3 rings (SSSR count). The molecule has 1 saturated heterocycles. The molecule has 0 amide bonds. The van der Waals surface area contributed by atoms with E-state index >= 15 is 0 Å². The Morgan fingerprint density at radius 1 is 1.29 bits per heavy atom. The number of hydrogen-bond acceptors (Lipinski definition) is 3. The Hall–Kier alpha value is -1.56. The number of para-hydroxylation sites is 1. The highest BCUT2D eigenvalue weighted by molar-refractivity contribution is 8.14. The molecular weight excluding hydrogens is 358 g/mol. The minimum atomic E-state index is 0.492. The molecule has 1 unspecified atom stereocenters. The van der Waals surface area contributed by atoms with E-state index in [4.69, 9.17) is 28.8 Å². The van der Waals surface area contributed by atoms with Gasteiger partial charge in [-0.25, -0.2) is 4.99 Å². The van der Waals surface area contributed by atoms with Crippen molar-refractivity contribution in [2.75, 3.05) is 11.9 Å². The number of thiocarbonyl (C=S) groups is 1. The highest BCUT2D eigenvalue weighted by atomic mass is 35.5. The molecule has 1 aliphatic rings. The third-order valence-electron chi connectivity index (χ3n) is 3.65. The van der Waals surface area contributed by atoms with E-state index in [2.05, 4.69) is 17.1 Å². The Balaban J connectivity index is 1.80. The lowest BCUT2D eigenvalue weighted by Gasteiger charge is -2.20. The van der Waals surface area contributed by atoms with Crippen LogP contribution in [-0.2, 0) is 0 Å². The van der Waals surface area contributed by atoms with Gasteiger partial charge >= 0.3 is 0 Å². The number of anilines is 1. The van der Waals surface area contributed by atoms with Crippen molar-refractivity contribution in [1.29, 1.82) is 0 Å². The van der Waals surface area contributed by atoms with Crippen LogP contribution in [0.5, 0.6) is 0 Å². The molecule has 2 aromatic carbocycles. The molecule has 0 radical (unpaired) electrons. The minimum Gasteiger partial charge on any atom is -0.332 e. The summed E-state index contributed by atoms with van der Waals surface area (Å²) in [5, 5.41) is 6.03. The molecule has 0 aliphatic carbocycles. The summed E-state index contributed by atoms with van der Waals surface area (Å²) in [6, 6.07) is 17.5. The molecule has 1 atom stereocenters. The standard InChI is InChI=1S/C18H18ClN3S2/c1-2-16-12-22(17(23)20-15-10-6-7-13(19)11-15)18(24-16)21-14-8-4-3-5-9-14/h3-11,16H,2,12H2,1H3,(H,20,23). The molecule has 0 saturated carbocycles. The van der Waals surface area contributed by atoms with Gasteiger partial charge in [0.15, 0.2) is 10.3 Å². The molecular formula is C18H18ClN3S2. The van der Waals surface area contributed by atoms with Crippen LogP contribution < -0.4 is 5.32 Å². The first-order valence-electron chi connectivity index (χ1n) is 7.80. The van der Waals surface area contributed by atoms with Gasteiger partial charge in [0, 0.05) is 22.5 Å². The van der Waals surface area contributed by atoms with E-state index in [9.17, 15) is 0 Å². The van der Waals surface area contributed by atoms with Gasteiger partial charge in [0.1, 0.15) is 0 Å². The molecule has 1 fully saturated rings. The van der Waals surface area contributed by atoms with E-state index in [1.54, 1.807) is 11.8 Å². The van der Waals surface area contributed by atoms with Crippen molar-refractivity contribution in [3.63, 3.8) is 0 Å². The lowest BCUT2D eigenvalue weighted by molar-refractivity contribution is 0.614. The van der Waals surface area contributed by atoms with Gasteiger partial charge in [0.25, 0.3) is 0 Å². The van der Waals surface area contributed by atoms with Crippen molar-refractivity contribution in [2.24, 2.45) is 4.99 Å². The second-order valence-corrected chi connectivity index (χ2v) is 7.52. The number of rotatable bonds is 3. The third-order valence-corrected chi connectivity index (χ3v) is 5.54. The molecule has 6 heteroatoms. The summed E-state index contributed by atoms with van der Waals surface area (Å²) in [7, 11) is 0. The van der Waals surface area contributed by atoms with Gasteiger partial charge in [0.2, 0.25) is 0 Å². The Labute approximate surface area is 157 Å². The van der Waals surface area contributed by atoms with Crippen LogP contribution in [0.1, 0.15) is 13.3 Å². The predicted octanol–water partition coefficient (Wildman–Crippen LogP) is 5.55. The fourth-order valence-corrected chi connectivity index (χ4v) is 4.04. The number of nitrogens with one attached hydrogen (secondary N) is 1. The average Bonchev–Trinajstić information content (AvgIpc) is 2.99.